The van der Waals surface area contributed by atoms with Gasteiger partial charge in [0.1, 0.15) is 12.4 Å². The maximum absolute atomic E-state index is 13.3. The molecule has 0 aliphatic carbocycles. The molecular weight excluding hydrogens is 407 g/mol. The van der Waals surface area contributed by atoms with E-state index in [1.165, 1.54) is 19.2 Å². The summed E-state index contributed by atoms with van der Waals surface area (Å²) in [7, 11) is 1.48. The van der Waals surface area contributed by atoms with Gasteiger partial charge in [-0.1, -0.05) is 43.7 Å². The summed E-state index contributed by atoms with van der Waals surface area (Å²) in [6.45, 7) is 2.61. The van der Waals surface area contributed by atoms with Crippen LogP contribution in [-0.2, 0) is 16.1 Å². The maximum Gasteiger partial charge on any atom is 0.468 e. The molecule has 31 heavy (non-hydrogen) atoms. The maximum atomic E-state index is 13.3. The molecule has 0 heterocycles. The molecule has 0 unspecified atom stereocenters. The van der Waals surface area contributed by atoms with Crippen molar-refractivity contribution in [2.45, 2.75) is 39.0 Å². The predicted molar refractivity (Wildman–Crippen MR) is 116 cm³/mol. The van der Waals surface area contributed by atoms with E-state index in [9.17, 15) is 13.2 Å². The smallest absolute Gasteiger partial charge is 0.468 e. The summed E-state index contributed by atoms with van der Waals surface area (Å²) < 4.78 is 55.8. The lowest BCUT2D eigenvalue weighted by atomic mass is 10.1. The van der Waals surface area contributed by atoms with Crippen LogP contribution in [-0.4, -0.2) is 32.4 Å². The van der Waals surface area contributed by atoms with E-state index in [1.807, 2.05) is 30.3 Å². The van der Waals surface area contributed by atoms with Crippen LogP contribution in [0.5, 0.6) is 5.75 Å². The van der Waals surface area contributed by atoms with Gasteiger partial charge in [-0.15, -0.1) is 0 Å². The number of methoxy groups -OCH3 is 1. The zero-order valence-corrected chi connectivity index (χ0v) is 17.8. The van der Waals surface area contributed by atoms with Crippen LogP contribution in [0, 0.1) is 0 Å². The number of alkyl halides is 3. The highest BCUT2D eigenvalue weighted by Gasteiger charge is 2.38. The van der Waals surface area contributed by atoms with Gasteiger partial charge in [-0.05, 0) is 54.3 Å². The van der Waals surface area contributed by atoms with Crippen molar-refractivity contribution in [1.29, 1.82) is 0 Å². The highest BCUT2D eigenvalue weighted by atomic mass is 19.4. The first-order chi connectivity index (χ1) is 14.9. The first kappa shape index (κ1) is 24.5. The van der Waals surface area contributed by atoms with Crippen molar-refractivity contribution < 1.29 is 27.4 Å². The Bertz CT molecular complexity index is 831. The summed E-state index contributed by atoms with van der Waals surface area (Å²) in [4.78, 5) is 3.62. The summed E-state index contributed by atoms with van der Waals surface area (Å²) in [5, 5.41) is 0. The fourth-order valence-corrected chi connectivity index (χ4v) is 2.70. The number of unbranched alkanes of at least 4 members (excludes halogenated alkanes) is 1. The number of aliphatic imine (C=N–C) groups is 1. The molecule has 0 spiro atoms. The van der Waals surface area contributed by atoms with Crippen molar-refractivity contribution in [3.63, 3.8) is 0 Å². The molecule has 2 rings (SSSR count). The van der Waals surface area contributed by atoms with E-state index < -0.39 is 12.1 Å². The van der Waals surface area contributed by atoms with Gasteiger partial charge < -0.3 is 14.2 Å². The van der Waals surface area contributed by atoms with Crippen molar-refractivity contribution >= 4 is 11.6 Å². The quantitative estimate of drug-likeness (QED) is 0.226. The zero-order valence-electron chi connectivity index (χ0n) is 17.8. The standard InChI is InChI=1S/C24H28F3NO3/c1-3-4-8-20(18-30-17-19-9-6-5-7-10-19)15-16-31-23(24(25,26)27)28-21-11-13-22(29-2)14-12-21/h5-7,9-15H,3-4,8,16-18H2,1-2H3/b20-15-,28-23?. The molecule has 0 N–H and O–H groups in total. The molecule has 0 saturated carbocycles. The second-order valence-corrected chi connectivity index (χ2v) is 6.87. The molecule has 0 atom stereocenters. The normalized spacial score (nSPS) is 12.7. The third kappa shape index (κ3) is 9.26. The average molecular weight is 435 g/mol. The molecule has 168 valence electrons. The number of halogens is 3. The largest absolute Gasteiger partial charge is 0.497 e. The van der Waals surface area contributed by atoms with Gasteiger partial charge in [-0.25, -0.2) is 4.99 Å². The molecule has 0 aliphatic heterocycles. The fraction of sp³-hybridized carbons (Fsp3) is 0.375. The second kappa shape index (κ2) is 12.8. The lowest BCUT2D eigenvalue weighted by Crippen LogP contribution is -2.26. The minimum atomic E-state index is -4.69. The fourth-order valence-electron chi connectivity index (χ4n) is 2.70. The van der Waals surface area contributed by atoms with Crippen molar-refractivity contribution in [3.05, 3.63) is 71.8 Å². The molecule has 7 heteroatoms. The van der Waals surface area contributed by atoms with Crippen LogP contribution in [0.1, 0.15) is 31.7 Å². The van der Waals surface area contributed by atoms with Gasteiger partial charge in [-0.2, -0.15) is 13.2 Å². The molecule has 2 aromatic carbocycles. The second-order valence-electron chi connectivity index (χ2n) is 6.87. The summed E-state index contributed by atoms with van der Waals surface area (Å²) in [6, 6.07) is 15.7. The number of benzene rings is 2. The minimum Gasteiger partial charge on any atom is -0.497 e. The van der Waals surface area contributed by atoms with Crippen molar-refractivity contribution in [2.75, 3.05) is 20.3 Å². The Hall–Kier alpha value is -2.80. The first-order valence-electron chi connectivity index (χ1n) is 10.1. The van der Waals surface area contributed by atoms with Crippen LogP contribution in [0.15, 0.2) is 71.2 Å². The first-order valence-corrected chi connectivity index (χ1v) is 10.1. The molecule has 0 aromatic heterocycles. The van der Waals surface area contributed by atoms with Crippen LogP contribution in [0.3, 0.4) is 0 Å². The zero-order chi connectivity index (χ0) is 22.5. The molecule has 0 aliphatic rings. The van der Waals surface area contributed by atoms with Crippen molar-refractivity contribution in [3.8, 4) is 5.75 Å². The van der Waals surface area contributed by atoms with Crippen molar-refractivity contribution in [1.82, 2.24) is 0 Å². The van der Waals surface area contributed by atoms with Gasteiger partial charge in [0.25, 0.3) is 5.90 Å². The number of hydrogen-bond donors (Lipinski definition) is 0. The lowest BCUT2D eigenvalue weighted by Gasteiger charge is -2.13. The molecule has 2 aromatic rings. The number of nitrogens with zero attached hydrogens (tertiary/aromatic N) is 1. The van der Waals surface area contributed by atoms with E-state index in [0.717, 1.165) is 30.4 Å². The molecule has 0 bridgehead atoms. The highest BCUT2D eigenvalue weighted by Crippen LogP contribution is 2.24. The van der Waals surface area contributed by atoms with Gasteiger partial charge in [0, 0.05) is 0 Å². The van der Waals surface area contributed by atoms with Crippen LogP contribution in [0.4, 0.5) is 18.9 Å². The molecule has 0 radical (unpaired) electrons. The van der Waals surface area contributed by atoms with E-state index in [4.69, 9.17) is 14.2 Å². The predicted octanol–water partition coefficient (Wildman–Crippen LogP) is 6.64. The Morgan fingerprint density at radius 3 is 2.35 bits per heavy atom. The van der Waals surface area contributed by atoms with Gasteiger partial charge in [0.15, 0.2) is 0 Å². The summed E-state index contributed by atoms with van der Waals surface area (Å²) in [6.07, 6.45) is -0.404. The Labute approximate surface area is 181 Å². The average Bonchev–Trinajstić information content (AvgIpc) is 2.77. The Kier molecular flexibility index (Phi) is 10.1. The minimum absolute atomic E-state index is 0.134. The van der Waals surface area contributed by atoms with Crippen LogP contribution >= 0.6 is 0 Å². The highest BCUT2D eigenvalue weighted by molar-refractivity contribution is 5.84. The molecular formula is C24H28F3NO3. The van der Waals surface area contributed by atoms with Gasteiger partial charge in [0.05, 0.1) is 26.0 Å². The molecule has 0 saturated heterocycles. The molecule has 0 fully saturated rings. The summed E-state index contributed by atoms with van der Waals surface area (Å²) in [5.74, 6) is -0.749. The van der Waals surface area contributed by atoms with Gasteiger partial charge in [0.2, 0.25) is 0 Å². The molecule has 0 amide bonds. The third-order valence-corrected chi connectivity index (χ3v) is 4.39. The summed E-state index contributed by atoms with van der Waals surface area (Å²) in [5.41, 5.74) is 2.08. The SMILES string of the molecule is CCCC/C(=C/COC(=Nc1ccc(OC)cc1)C(F)(F)F)COCc1ccccc1. The van der Waals surface area contributed by atoms with Crippen LogP contribution in [0.2, 0.25) is 0 Å². The van der Waals surface area contributed by atoms with E-state index in [-0.39, 0.29) is 12.3 Å². The van der Waals surface area contributed by atoms with E-state index in [0.29, 0.717) is 19.0 Å². The third-order valence-electron chi connectivity index (χ3n) is 4.39. The van der Waals surface area contributed by atoms with E-state index >= 15 is 0 Å². The van der Waals surface area contributed by atoms with Crippen molar-refractivity contribution in [2.24, 2.45) is 4.99 Å². The van der Waals surface area contributed by atoms with Gasteiger partial charge >= 0.3 is 6.18 Å². The number of rotatable bonds is 11. The monoisotopic (exact) mass is 435 g/mol. The topological polar surface area (TPSA) is 40.0 Å². The number of hydrogen-bond acceptors (Lipinski definition) is 4. The van der Waals surface area contributed by atoms with Crippen LogP contribution in [0.25, 0.3) is 0 Å². The van der Waals surface area contributed by atoms with E-state index in [1.54, 1.807) is 18.2 Å². The van der Waals surface area contributed by atoms with Crippen LogP contribution < -0.4 is 4.74 Å². The Morgan fingerprint density at radius 2 is 1.74 bits per heavy atom. The Balaban J connectivity index is 2.00. The van der Waals surface area contributed by atoms with Gasteiger partial charge in [-0.3, -0.25) is 0 Å². The van der Waals surface area contributed by atoms with E-state index in [2.05, 4.69) is 11.9 Å². The summed E-state index contributed by atoms with van der Waals surface area (Å²) >= 11 is 0. The number of ether oxygens (including phenoxy) is 3. The lowest BCUT2D eigenvalue weighted by molar-refractivity contribution is -0.0770. The molecule has 4 nitrogen and oxygen atoms in total. The Morgan fingerprint density at radius 1 is 1.03 bits per heavy atom.